The lowest BCUT2D eigenvalue weighted by atomic mass is 9.78. The molecule has 1 heterocycles. The first-order chi connectivity index (χ1) is 10.6. The maximum atomic E-state index is 14.2. The summed E-state index contributed by atoms with van der Waals surface area (Å²) in [5, 5.41) is 2.97. The van der Waals surface area contributed by atoms with Crippen molar-refractivity contribution in [3.8, 4) is 0 Å². The summed E-state index contributed by atoms with van der Waals surface area (Å²) in [6.07, 6.45) is 7.07. The second-order valence-corrected chi connectivity index (χ2v) is 6.04. The van der Waals surface area contributed by atoms with Gasteiger partial charge in [0.1, 0.15) is 11.5 Å². The summed E-state index contributed by atoms with van der Waals surface area (Å²) in [7, 11) is 1.78. The normalized spacial score (nSPS) is 16.6. The molecule has 0 bridgehead atoms. The molecule has 0 atom stereocenters. The van der Waals surface area contributed by atoms with Crippen LogP contribution < -0.4 is 5.32 Å². The molecule has 1 aliphatic rings. The van der Waals surface area contributed by atoms with E-state index in [1.54, 1.807) is 30.2 Å². The van der Waals surface area contributed by atoms with Crippen LogP contribution in [0.1, 0.15) is 41.7 Å². The molecular weight excluding hydrogens is 281 g/mol. The number of carbonyl (C=O) groups excluding carboxylic acids is 1. The van der Waals surface area contributed by atoms with E-state index in [-0.39, 0.29) is 17.1 Å². The van der Waals surface area contributed by atoms with Crippen molar-refractivity contribution < 1.29 is 9.18 Å². The van der Waals surface area contributed by atoms with Gasteiger partial charge in [-0.05, 0) is 24.5 Å². The summed E-state index contributed by atoms with van der Waals surface area (Å²) in [4.78, 5) is 16.2. The number of nitrogens with one attached hydrogen (secondary N) is 1. The fraction of sp³-hybridized carbons (Fsp3) is 0.412. The molecule has 1 aliphatic carbocycles. The van der Waals surface area contributed by atoms with E-state index in [1.165, 1.54) is 6.07 Å². The lowest BCUT2D eigenvalue weighted by molar-refractivity contribution is 0.0934. The molecule has 0 unspecified atom stereocenters. The molecule has 116 valence electrons. The minimum absolute atomic E-state index is 0.164. The van der Waals surface area contributed by atoms with Crippen molar-refractivity contribution in [2.24, 2.45) is 7.05 Å². The van der Waals surface area contributed by atoms with Gasteiger partial charge in [0.25, 0.3) is 5.91 Å². The number of aryl methyl sites for hydroxylation is 1. The second kappa shape index (κ2) is 5.91. The van der Waals surface area contributed by atoms with Crippen molar-refractivity contribution >= 4 is 5.91 Å². The minimum atomic E-state index is -0.292. The van der Waals surface area contributed by atoms with Crippen LogP contribution in [0.15, 0.2) is 36.8 Å². The lowest BCUT2D eigenvalue weighted by Gasteiger charge is -2.30. The van der Waals surface area contributed by atoms with Gasteiger partial charge in [-0.15, -0.1) is 0 Å². The molecule has 0 radical (unpaired) electrons. The van der Waals surface area contributed by atoms with Crippen molar-refractivity contribution in [1.29, 1.82) is 0 Å². The largest absolute Gasteiger partial charge is 0.350 e. The molecular formula is C17H20FN3O. The Balaban J connectivity index is 1.80. The van der Waals surface area contributed by atoms with E-state index in [1.807, 2.05) is 12.1 Å². The molecule has 1 saturated carbocycles. The van der Waals surface area contributed by atoms with Gasteiger partial charge in [-0.1, -0.05) is 31.0 Å². The number of halogens is 1. The molecule has 22 heavy (non-hydrogen) atoms. The molecule has 3 rings (SSSR count). The van der Waals surface area contributed by atoms with Crippen molar-refractivity contribution in [2.45, 2.75) is 31.1 Å². The number of imidazole rings is 1. The number of rotatable bonds is 4. The molecule has 1 amide bonds. The van der Waals surface area contributed by atoms with Crippen LogP contribution in [0.25, 0.3) is 0 Å². The molecule has 0 aliphatic heterocycles. The van der Waals surface area contributed by atoms with Crippen LogP contribution >= 0.6 is 0 Å². The summed E-state index contributed by atoms with van der Waals surface area (Å²) in [5.74, 6) is -0.346. The molecule has 4 nitrogen and oxygen atoms in total. The SMILES string of the molecule is Cn1cncc1C(=O)NCC1(c2ccccc2F)CCCC1. The molecule has 0 saturated heterocycles. The quantitative estimate of drug-likeness (QED) is 0.944. The zero-order chi connectivity index (χ0) is 15.6. The van der Waals surface area contributed by atoms with Gasteiger partial charge in [-0.2, -0.15) is 0 Å². The summed E-state index contributed by atoms with van der Waals surface area (Å²) in [5.41, 5.74) is 0.944. The van der Waals surface area contributed by atoms with Crippen LogP contribution in [-0.2, 0) is 12.5 Å². The number of hydrogen-bond acceptors (Lipinski definition) is 2. The number of amides is 1. The Kier molecular flexibility index (Phi) is 3.96. The molecule has 1 aromatic heterocycles. The van der Waals surface area contributed by atoms with Gasteiger partial charge in [0.05, 0.1) is 12.5 Å². The van der Waals surface area contributed by atoms with Gasteiger partial charge in [-0.25, -0.2) is 9.37 Å². The van der Waals surface area contributed by atoms with Crippen molar-refractivity contribution in [3.05, 3.63) is 53.9 Å². The predicted octanol–water partition coefficient (Wildman–Crippen LogP) is 2.80. The summed E-state index contributed by atoms with van der Waals surface area (Å²) in [6, 6.07) is 6.91. The van der Waals surface area contributed by atoms with E-state index in [0.29, 0.717) is 12.2 Å². The van der Waals surface area contributed by atoms with E-state index in [9.17, 15) is 9.18 Å². The zero-order valence-corrected chi connectivity index (χ0v) is 12.7. The van der Waals surface area contributed by atoms with E-state index in [0.717, 1.165) is 31.2 Å². The van der Waals surface area contributed by atoms with Crippen LogP contribution in [0.5, 0.6) is 0 Å². The predicted molar refractivity (Wildman–Crippen MR) is 82.1 cm³/mol. The number of hydrogen-bond donors (Lipinski definition) is 1. The highest BCUT2D eigenvalue weighted by Gasteiger charge is 2.37. The Hall–Kier alpha value is -2.17. The van der Waals surface area contributed by atoms with Crippen LogP contribution in [-0.4, -0.2) is 22.0 Å². The number of benzene rings is 1. The highest BCUT2D eigenvalue weighted by Crippen LogP contribution is 2.41. The third-order valence-electron chi connectivity index (χ3n) is 4.64. The number of aromatic nitrogens is 2. The number of nitrogens with zero attached hydrogens (tertiary/aromatic N) is 2. The monoisotopic (exact) mass is 301 g/mol. The minimum Gasteiger partial charge on any atom is -0.350 e. The van der Waals surface area contributed by atoms with E-state index >= 15 is 0 Å². The zero-order valence-electron chi connectivity index (χ0n) is 12.7. The highest BCUT2D eigenvalue weighted by atomic mass is 19.1. The third kappa shape index (κ3) is 2.63. The highest BCUT2D eigenvalue weighted by molar-refractivity contribution is 5.92. The molecule has 0 spiro atoms. The Bertz CT molecular complexity index is 674. The van der Waals surface area contributed by atoms with Crippen molar-refractivity contribution in [3.63, 3.8) is 0 Å². The third-order valence-corrected chi connectivity index (χ3v) is 4.64. The molecule has 2 aromatic rings. The maximum Gasteiger partial charge on any atom is 0.269 e. The second-order valence-electron chi connectivity index (χ2n) is 6.04. The van der Waals surface area contributed by atoms with E-state index in [4.69, 9.17) is 0 Å². The Morgan fingerprint density at radius 1 is 1.36 bits per heavy atom. The average molecular weight is 301 g/mol. The van der Waals surface area contributed by atoms with Gasteiger partial charge in [0.2, 0.25) is 0 Å². The van der Waals surface area contributed by atoms with Crippen LogP contribution in [0.2, 0.25) is 0 Å². The van der Waals surface area contributed by atoms with Gasteiger partial charge in [0.15, 0.2) is 0 Å². The summed E-state index contributed by atoms with van der Waals surface area (Å²) in [6.45, 7) is 0.456. The Morgan fingerprint density at radius 2 is 2.09 bits per heavy atom. The molecule has 1 N–H and O–H groups in total. The van der Waals surface area contributed by atoms with Crippen LogP contribution in [0.3, 0.4) is 0 Å². The average Bonchev–Trinajstić information content (AvgIpc) is 3.15. The van der Waals surface area contributed by atoms with Crippen LogP contribution in [0, 0.1) is 5.82 Å². The van der Waals surface area contributed by atoms with Gasteiger partial charge in [-0.3, -0.25) is 4.79 Å². The molecule has 1 aromatic carbocycles. The summed E-state index contributed by atoms with van der Waals surface area (Å²) >= 11 is 0. The van der Waals surface area contributed by atoms with Gasteiger partial charge >= 0.3 is 0 Å². The van der Waals surface area contributed by atoms with Crippen LogP contribution in [0.4, 0.5) is 4.39 Å². The maximum absolute atomic E-state index is 14.2. The molecule has 5 heteroatoms. The topological polar surface area (TPSA) is 46.9 Å². The summed E-state index contributed by atoms with van der Waals surface area (Å²) < 4.78 is 15.9. The fourth-order valence-corrected chi connectivity index (χ4v) is 3.40. The molecule has 1 fully saturated rings. The van der Waals surface area contributed by atoms with Crippen molar-refractivity contribution in [2.75, 3.05) is 6.54 Å². The lowest BCUT2D eigenvalue weighted by Crippen LogP contribution is -2.40. The fourth-order valence-electron chi connectivity index (χ4n) is 3.40. The Labute approximate surface area is 129 Å². The van der Waals surface area contributed by atoms with E-state index in [2.05, 4.69) is 10.3 Å². The Morgan fingerprint density at radius 3 is 2.73 bits per heavy atom. The van der Waals surface area contributed by atoms with Gasteiger partial charge in [0, 0.05) is 19.0 Å². The standard InChI is InChI=1S/C17H20FN3O/c1-21-12-19-10-15(21)16(22)20-11-17(8-4-5-9-17)13-6-2-3-7-14(13)18/h2-3,6-7,10,12H,4-5,8-9,11H2,1H3,(H,20,22). The van der Waals surface area contributed by atoms with Gasteiger partial charge < -0.3 is 9.88 Å². The first-order valence-corrected chi connectivity index (χ1v) is 7.62. The first-order valence-electron chi connectivity index (χ1n) is 7.62. The first kappa shape index (κ1) is 14.8. The van der Waals surface area contributed by atoms with E-state index < -0.39 is 0 Å². The van der Waals surface area contributed by atoms with Crippen molar-refractivity contribution in [1.82, 2.24) is 14.9 Å². The smallest absolute Gasteiger partial charge is 0.269 e. The number of carbonyl (C=O) groups is 1.